The third-order valence-electron chi connectivity index (χ3n) is 2.00. The maximum atomic E-state index is 12.4. The van der Waals surface area contributed by atoms with Crippen molar-refractivity contribution in [3.8, 4) is 0 Å². The summed E-state index contributed by atoms with van der Waals surface area (Å²) in [4.78, 5) is 0. The van der Waals surface area contributed by atoms with Crippen LogP contribution in [0.5, 0.6) is 0 Å². The van der Waals surface area contributed by atoms with E-state index in [4.69, 9.17) is 5.11 Å². The molecule has 1 aromatic rings. The first-order valence-corrected chi connectivity index (χ1v) is 4.39. The van der Waals surface area contributed by atoms with E-state index in [0.29, 0.717) is 5.56 Å². The molecule has 0 aliphatic rings. The molecule has 15 heavy (non-hydrogen) atoms. The molecule has 1 rings (SSSR count). The van der Waals surface area contributed by atoms with Gasteiger partial charge in [0, 0.05) is 0 Å². The Balaban J connectivity index is 2.47. The number of hydrogen-bond acceptors (Lipinski definition) is 1. The van der Waals surface area contributed by atoms with Gasteiger partial charge in [0.25, 0.3) is 0 Å². The fourth-order valence-electron chi connectivity index (χ4n) is 1.12. The lowest BCUT2D eigenvalue weighted by Crippen LogP contribution is -2.28. The number of rotatable bonds is 3. The molecule has 0 unspecified atom stereocenters. The molecule has 0 heterocycles. The van der Waals surface area contributed by atoms with Crippen molar-refractivity contribution >= 4 is 0 Å². The van der Waals surface area contributed by atoms with E-state index in [1.165, 1.54) is 24.3 Å². The summed E-state index contributed by atoms with van der Waals surface area (Å²) in [6.45, 7) is 0. The first-order chi connectivity index (χ1) is 6.89. The molecule has 5 heteroatoms. The predicted molar refractivity (Wildman–Crippen MR) is 46.8 cm³/mol. The molecule has 0 saturated heterocycles. The van der Waals surface area contributed by atoms with Gasteiger partial charge in [-0.3, -0.25) is 0 Å². The van der Waals surface area contributed by atoms with Crippen LogP contribution in [0.3, 0.4) is 0 Å². The fraction of sp³-hybridized carbons (Fsp3) is 0.400. The summed E-state index contributed by atoms with van der Waals surface area (Å²) in [5.41, 5.74) is 0.569. The third kappa shape index (κ3) is 3.87. The van der Waals surface area contributed by atoms with Crippen molar-refractivity contribution in [3.63, 3.8) is 0 Å². The molecule has 84 valence electrons. The van der Waals surface area contributed by atoms with Gasteiger partial charge in [0.2, 0.25) is 0 Å². The lowest BCUT2D eigenvalue weighted by molar-refractivity contribution is -0.205. The van der Waals surface area contributed by atoms with Crippen LogP contribution in [0.4, 0.5) is 17.6 Å². The van der Waals surface area contributed by atoms with Gasteiger partial charge in [-0.25, -0.2) is 4.39 Å². The van der Waals surface area contributed by atoms with Crippen molar-refractivity contribution < 1.29 is 22.7 Å². The number of aliphatic hydroxyl groups excluding tert-OH is 1. The van der Waals surface area contributed by atoms with Gasteiger partial charge in [-0.05, 0) is 30.5 Å². The van der Waals surface area contributed by atoms with Crippen LogP contribution in [0, 0.1) is 5.82 Å². The largest absolute Gasteiger partial charge is 0.414 e. The maximum Gasteiger partial charge on any atom is 0.414 e. The Morgan fingerprint density at radius 3 is 2.13 bits per heavy atom. The molecule has 0 aliphatic carbocycles. The second-order valence-electron chi connectivity index (χ2n) is 3.22. The standard InChI is InChI=1S/C10H10F4O/c11-8-4-1-7(2-5-8)3-6-9(15)10(12,13)14/h1-2,4-5,9,15H,3,6H2/t9-/m1/s1. The Labute approximate surface area is 84.3 Å². The smallest absolute Gasteiger partial charge is 0.384 e. The summed E-state index contributed by atoms with van der Waals surface area (Å²) in [6.07, 6.45) is -7.24. The molecule has 0 aliphatic heterocycles. The highest BCUT2D eigenvalue weighted by Gasteiger charge is 2.37. The SMILES string of the molecule is O[C@H](CCc1ccc(F)cc1)C(F)(F)F. The van der Waals surface area contributed by atoms with Gasteiger partial charge in [0.15, 0.2) is 0 Å². The maximum absolute atomic E-state index is 12.4. The lowest BCUT2D eigenvalue weighted by atomic mass is 10.1. The molecular formula is C10H10F4O. The Bertz CT molecular complexity index is 304. The molecule has 0 fully saturated rings. The number of alkyl halides is 3. The van der Waals surface area contributed by atoms with Crippen LogP contribution in [0.2, 0.25) is 0 Å². The Kier molecular flexibility index (Phi) is 3.68. The van der Waals surface area contributed by atoms with Crippen molar-refractivity contribution in [2.45, 2.75) is 25.1 Å². The summed E-state index contributed by atoms with van der Waals surface area (Å²) < 4.78 is 48.2. The van der Waals surface area contributed by atoms with E-state index in [9.17, 15) is 17.6 Å². The molecule has 0 radical (unpaired) electrons. The van der Waals surface area contributed by atoms with Gasteiger partial charge in [-0.2, -0.15) is 13.2 Å². The van der Waals surface area contributed by atoms with Gasteiger partial charge in [0.1, 0.15) is 11.9 Å². The van der Waals surface area contributed by atoms with Gasteiger partial charge in [0.05, 0.1) is 0 Å². The highest BCUT2D eigenvalue weighted by Crippen LogP contribution is 2.23. The fourth-order valence-corrected chi connectivity index (χ4v) is 1.12. The molecule has 0 saturated carbocycles. The molecule has 0 bridgehead atoms. The second-order valence-corrected chi connectivity index (χ2v) is 3.22. The number of aliphatic hydroxyl groups is 1. The van der Waals surface area contributed by atoms with E-state index < -0.39 is 24.5 Å². The van der Waals surface area contributed by atoms with Crippen LogP contribution in [0.25, 0.3) is 0 Å². The summed E-state index contributed by atoms with van der Waals surface area (Å²) >= 11 is 0. The van der Waals surface area contributed by atoms with Gasteiger partial charge < -0.3 is 5.11 Å². The van der Waals surface area contributed by atoms with Crippen LogP contribution in [0.1, 0.15) is 12.0 Å². The van der Waals surface area contributed by atoms with Crippen LogP contribution >= 0.6 is 0 Å². The normalized spacial score (nSPS) is 13.9. The quantitative estimate of drug-likeness (QED) is 0.779. The molecule has 1 atom stereocenters. The van der Waals surface area contributed by atoms with E-state index in [1.807, 2.05) is 0 Å². The highest BCUT2D eigenvalue weighted by atomic mass is 19.4. The van der Waals surface area contributed by atoms with Crippen LogP contribution in [-0.2, 0) is 6.42 Å². The minimum atomic E-state index is -4.58. The van der Waals surface area contributed by atoms with Gasteiger partial charge in [-0.1, -0.05) is 12.1 Å². The molecule has 1 N–H and O–H groups in total. The molecular weight excluding hydrogens is 212 g/mol. The van der Waals surface area contributed by atoms with Crippen molar-refractivity contribution in [2.24, 2.45) is 0 Å². The lowest BCUT2D eigenvalue weighted by Gasteiger charge is -2.13. The predicted octanol–water partition coefficient (Wildman–Crippen LogP) is 2.68. The number of hydrogen-bond donors (Lipinski definition) is 1. The molecule has 1 nitrogen and oxygen atoms in total. The topological polar surface area (TPSA) is 20.2 Å². The summed E-state index contributed by atoms with van der Waals surface area (Å²) in [5, 5.41) is 8.70. The van der Waals surface area contributed by atoms with E-state index in [-0.39, 0.29) is 6.42 Å². The molecule has 0 amide bonds. The average Bonchev–Trinajstić information content (AvgIpc) is 2.15. The Morgan fingerprint density at radius 1 is 1.13 bits per heavy atom. The molecule has 0 spiro atoms. The minimum Gasteiger partial charge on any atom is -0.384 e. The number of benzene rings is 1. The Hall–Kier alpha value is -1.10. The third-order valence-corrected chi connectivity index (χ3v) is 2.00. The zero-order valence-electron chi connectivity index (χ0n) is 7.76. The average molecular weight is 222 g/mol. The summed E-state index contributed by atoms with van der Waals surface area (Å²) in [7, 11) is 0. The minimum absolute atomic E-state index is 0.0704. The second kappa shape index (κ2) is 4.61. The van der Waals surface area contributed by atoms with Gasteiger partial charge >= 0.3 is 6.18 Å². The first kappa shape index (κ1) is 12.0. The van der Waals surface area contributed by atoms with Crippen molar-refractivity contribution in [3.05, 3.63) is 35.6 Å². The van der Waals surface area contributed by atoms with E-state index in [0.717, 1.165) is 0 Å². The first-order valence-electron chi connectivity index (χ1n) is 4.39. The monoisotopic (exact) mass is 222 g/mol. The van der Waals surface area contributed by atoms with Crippen molar-refractivity contribution in [1.29, 1.82) is 0 Å². The van der Waals surface area contributed by atoms with Crippen LogP contribution in [0.15, 0.2) is 24.3 Å². The number of aryl methyl sites for hydroxylation is 1. The zero-order chi connectivity index (χ0) is 11.5. The van der Waals surface area contributed by atoms with Gasteiger partial charge in [-0.15, -0.1) is 0 Å². The van der Waals surface area contributed by atoms with Crippen molar-refractivity contribution in [1.82, 2.24) is 0 Å². The summed E-state index contributed by atoms with van der Waals surface area (Å²) in [6, 6.07) is 5.15. The van der Waals surface area contributed by atoms with E-state index >= 15 is 0 Å². The van der Waals surface area contributed by atoms with Crippen LogP contribution < -0.4 is 0 Å². The van der Waals surface area contributed by atoms with E-state index in [1.54, 1.807) is 0 Å². The van der Waals surface area contributed by atoms with Crippen molar-refractivity contribution in [2.75, 3.05) is 0 Å². The zero-order valence-corrected chi connectivity index (χ0v) is 7.76. The summed E-state index contributed by atoms with van der Waals surface area (Å²) in [5.74, 6) is -0.435. The highest BCUT2D eigenvalue weighted by molar-refractivity contribution is 5.16. The van der Waals surface area contributed by atoms with E-state index in [2.05, 4.69) is 0 Å². The van der Waals surface area contributed by atoms with Crippen LogP contribution in [-0.4, -0.2) is 17.4 Å². The number of halogens is 4. The molecule has 0 aromatic heterocycles. The molecule has 1 aromatic carbocycles. The Morgan fingerprint density at radius 2 is 1.67 bits per heavy atom.